The van der Waals surface area contributed by atoms with Gasteiger partial charge in [-0.15, -0.1) is 0 Å². The summed E-state index contributed by atoms with van der Waals surface area (Å²) in [5, 5.41) is 6.65. The van der Waals surface area contributed by atoms with Crippen molar-refractivity contribution in [3.05, 3.63) is 298 Å². The number of nitrogens with zero attached hydrogens (tertiary/aromatic N) is 11. The molecule has 4 saturated heterocycles. The Morgan fingerprint density at radius 2 is 0.810 bits per heavy atom. The normalized spacial score (nSPS) is 19.2. The highest BCUT2D eigenvalue weighted by atomic mass is 79.9. The number of amides is 3. The molecule has 11 heterocycles. The number of likely N-dealkylation sites (N-methyl/N-ethyl adjacent to an activating group) is 1. The number of ether oxygens (including phenoxy) is 4. The van der Waals surface area contributed by atoms with Gasteiger partial charge in [-0.2, -0.15) is 0 Å². The smallest absolute Gasteiger partial charge is 0.256 e. The first kappa shape index (κ1) is 87.1. The van der Waals surface area contributed by atoms with Crippen LogP contribution in [0.1, 0.15) is 94.8 Å². The fraction of sp³-hybridized carbons (Fsp3) is 0.281. The highest BCUT2D eigenvalue weighted by Gasteiger charge is 2.54. The highest BCUT2D eigenvalue weighted by molar-refractivity contribution is 9.11. The summed E-state index contributed by atoms with van der Waals surface area (Å²) in [6.45, 7) is 12.5. The zero-order chi connectivity index (χ0) is 87.1. The van der Waals surface area contributed by atoms with Crippen molar-refractivity contribution in [2.24, 2.45) is 0 Å². The summed E-state index contributed by atoms with van der Waals surface area (Å²) in [6, 6.07) is 63.0. The average Bonchev–Trinajstić information content (AvgIpc) is 1.57. The SMILES string of the molecule is CCOCN(C)CCCOc1ccc(C2c3[nH]c4ccc(Br)cc4c3CC3C(=O)N(c4ccc(Cl)cc4)C(=S)N32)cc1.CN1CCN(CCCOc2ccc(C3c4[nH]c5ccc(Br)cc5c4CC4C(=O)N(c5ccc(Cl)cc5)C(=S)N43)cc2)CC1.O=C1C2Cc3c([nH]c4ccc(Br)cc34)C(c3ccc(OCCCn4ccnc4)cc3)N2C(=S)N1c1ccc(Cl)cc1. The summed E-state index contributed by atoms with van der Waals surface area (Å²) in [4.78, 5) is 75.3. The van der Waals surface area contributed by atoms with E-state index < -0.39 is 18.1 Å². The number of nitrogens with one attached hydrogen (secondary N) is 3. The number of imidazole rings is 1. The lowest BCUT2D eigenvalue weighted by atomic mass is 9.89. The molecule has 0 saturated carbocycles. The molecule has 0 spiro atoms. The molecule has 0 radical (unpaired) electrons. The van der Waals surface area contributed by atoms with E-state index in [0.717, 1.165) is 190 Å². The van der Waals surface area contributed by atoms with Crippen LogP contribution < -0.4 is 28.9 Å². The number of carbonyl (C=O) groups excluding carboxylic acids is 3. The lowest BCUT2D eigenvalue weighted by molar-refractivity contribution is -0.120. The van der Waals surface area contributed by atoms with Crippen LogP contribution >= 0.6 is 119 Å². The zero-order valence-electron chi connectivity index (χ0n) is 69.2. The Morgan fingerprint density at radius 3 is 1.15 bits per heavy atom. The molecule has 7 aliphatic rings. The molecule has 21 nitrogen and oxygen atoms in total. The lowest BCUT2D eigenvalue weighted by Crippen LogP contribution is -2.44. The molecule has 20 rings (SSSR count). The molecule has 3 N–H and O–H groups in total. The summed E-state index contributed by atoms with van der Waals surface area (Å²) in [5.41, 5.74) is 15.0. The van der Waals surface area contributed by atoms with Crippen molar-refractivity contribution in [1.29, 1.82) is 0 Å². The van der Waals surface area contributed by atoms with Gasteiger partial charge in [-0.05, 0) is 274 Å². The third-order valence-corrected chi connectivity index (χ3v) is 27.9. The molecular formula is C96H90Br3Cl3N14O7S3. The topological polar surface area (TPSA) is 182 Å². The number of carbonyl (C=O) groups is 3. The number of aromatic nitrogens is 5. The maximum absolute atomic E-state index is 14.0. The third kappa shape index (κ3) is 17.8. The van der Waals surface area contributed by atoms with Crippen molar-refractivity contribution < 1.29 is 33.3 Å². The van der Waals surface area contributed by atoms with E-state index in [1.54, 1.807) is 57.3 Å². The summed E-state index contributed by atoms with van der Waals surface area (Å²) >= 11 is 47.4. The Hall–Kier alpha value is -9.56. The third-order valence-electron chi connectivity index (χ3n) is 24.5. The molecule has 126 heavy (non-hydrogen) atoms. The minimum absolute atomic E-state index is 0.0207. The zero-order valence-corrected chi connectivity index (χ0v) is 78.7. The van der Waals surface area contributed by atoms with Crippen LogP contribution in [0.5, 0.6) is 17.2 Å². The van der Waals surface area contributed by atoms with Gasteiger partial charge in [0.05, 0.1) is 68.1 Å². The molecule has 3 amide bonds. The van der Waals surface area contributed by atoms with Gasteiger partial charge in [-0.1, -0.05) is 119 Å². The number of thiocarbonyl (C=S) groups is 3. The van der Waals surface area contributed by atoms with Gasteiger partial charge in [-0.3, -0.25) is 34.0 Å². The largest absolute Gasteiger partial charge is 0.494 e. The molecule has 30 heteroatoms. The van der Waals surface area contributed by atoms with Gasteiger partial charge in [-0.25, -0.2) is 4.98 Å². The highest BCUT2D eigenvalue weighted by Crippen LogP contribution is 2.50. The summed E-state index contributed by atoms with van der Waals surface area (Å²) in [6.07, 6.45) is 9.99. The quantitative estimate of drug-likeness (QED) is 0.0295. The van der Waals surface area contributed by atoms with Crippen molar-refractivity contribution in [3.63, 3.8) is 0 Å². The molecule has 646 valence electrons. The summed E-state index contributed by atoms with van der Waals surface area (Å²) in [5.74, 6) is 2.37. The Kier molecular flexibility index (Phi) is 26.3. The molecule has 0 aliphatic carbocycles. The number of H-pyrrole nitrogens is 3. The van der Waals surface area contributed by atoms with Crippen LogP contribution in [0, 0.1) is 0 Å². The van der Waals surface area contributed by atoms with Crippen molar-refractivity contribution in [3.8, 4) is 17.2 Å². The van der Waals surface area contributed by atoms with Crippen molar-refractivity contribution in [2.45, 2.75) is 88.2 Å². The second kappa shape index (κ2) is 38.0. The van der Waals surface area contributed by atoms with E-state index in [1.807, 2.05) is 122 Å². The Labute approximate surface area is 787 Å². The van der Waals surface area contributed by atoms with E-state index in [2.05, 4.69) is 177 Å². The maximum Gasteiger partial charge on any atom is 0.256 e. The maximum atomic E-state index is 14.0. The molecular weight excluding hydrogens is 1900 g/mol. The summed E-state index contributed by atoms with van der Waals surface area (Å²) in [7, 11) is 4.22. The average molecular weight is 1990 g/mol. The standard InChI is InChI=1S/C33H33BrClN5O2S.C32H32BrClN4O3S.C31H25BrClN5O2S/c1-37-14-16-38(17-15-37)13-2-18-42-25-10-3-21(4-11-25)31-30-27(26-19-22(34)5-12-28(26)36-30)20-29-32(41)39(33(43)40(29)31)24-8-6-23(35)7-9-24;1-3-40-19-36(2)15-4-16-41-24-12-5-20(6-13-24)30-29-26(25-17-21(33)7-14-27(25)35-29)18-28-31(39)37(32(42)38(28)30)23-10-8-22(34)9-11-23;32-20-4-11-26-24(16-20)25-17-27-30(39)37(22-7-5-21(33)6-8-22)31(41)38(27)29(28(25)35-26)19-2-9-23(10-3-19)40-15-1-13-36-14-12-34-18-36/h3-12,19,29,31,36H,2,13-18,20H2,1H3;5-14,17,28,30,35H,3-4,15-16,18-19H2,1-2H3;2-12,14,16,18,27,29,35H,1,13,15,17H2. The van der Waals surface area contributed by atoms with Crippen molar-refractivity contribution >= 4 is 202 Å². The molecule has 4 fully saturated rings. The monoisotopic (exact) mass is 1990 g/mol. The predicted molar refractivity (Wildman–Crippen MR) is 521 cm³/mol. The van der Waals surface area contributed by atoms with Gasteiger partial charge >= 0.3 is 0 Å². The second-order valence-electron chi connectivity index (χ2n) is 32.5. The van der Waals surface area contributed by atoms with Gasteiger partial charge in [0, 0.05) is 162 Å². The predicted octanol–water partition coefficient (Wildman–Crippen LogP) is 20.1. The number of hydrogen-bond donors (Lipinski definition) is 3. The minimum Gasteiger partial charge on any atom is -0.494 e. The van der Waals surface area contributed by atoms with Crippen molar-refractivity contribution in [1.82, 2.24) is 53.9 Å². The fourth-order valence-electron chi connectivity index (χ4n) is 18.3. The number of piperazine rings is 1. The van der Waals surface area contributed by atoms with Crippen LogP contribution in [0.25, 0.3) is 32.7 Å². The molecule has 6 atom stereocenters. The van der Waals surface area contributed by atoms with Gasteiger partial charge in [0.2, 0.25) is 0 Å². The first-order chi connectivity index (χ1) is 61.2. The van der Waals surface area contributed by atoms with E-state index in [1.165, 1.54) is 0 Å². The van der Waals surface area contributed by atoms with Crippen LogP contribution in [-0.4, -0.2) is 192 Å². The van der Waals surface area contributed by atoms with Crippen LogP contribution in [0.15, 0.2) is 232 Å². The number of halogens is 6. The van der Waals surface area contributed by atoms with Gasteiger partial charge in [0.1, 0.15) is 35.4 Å². The van der Waals surface area contributed by atoms with Crippen molar-refractivity contribution in [2.75, 3.05) is 101 Å². The van der Waals surface area contributed by atoms with E-state index in [4.69, 9.17) is 90.4 Å². The van der Waals surface area contributed by atoms with E-state index in [0.29, 0.717) is 88.5 Å². The Bertz CT molecular complexity index is 6220. The molecule has 0 bridgehead atoms. The van der Waals surface area contributed by atoms with Crippen LogP contribution in [-0.2, 0) is 44.9 Å². The Morgan fingerprint density at radius 1 is 0.460 bits per heavy atom. The Balaban J connectivity index is 0.000000128. The van der Waals surface area contributed by atoms with Crippen LogP contribution in [0.3, 0.4) is 0 Å². The molecule has 6 unspecified atom stereocenters. The summed E-state index contributed by atoms with van der Waals surface area (Å²) < 4.78 is 28.7. The van der Waals surface area contributed by atoms with Gasteiger partial charge in [0.25, 0.3) is 17.7 Å². The lowest BCUT2D eigenvalue weighted by Gasteiger charge is -2.37. The number of benzene rings is 9. The number of anilines is 3. The molecule has 13 aromatic rings. The number of rotatable bonds is 24. The van der Waals surface area contributed by atoms with Gasteiger partial charge < -0.3 is 63.0 Å². The van der Waals surface area contributed by atoms with Crippen LogP contribution in [0.2, 0.25) is 15.1 Å². The first-order valence-electron chi connectivity index (χ1n) is 42.2. The number of aryl methyl sites for hydroxylation is 1. The second-order valence-corrected chi connectivity index (χ2v) is 37.6. The number of aromatic amines is 3. The van der Waals surface area contributed by atoms with E-state index >= 15 is 0 Å². The fourth-order valence-corrected chi connectivity index (χ4v) is 21.0. The molecule has 4 aromatic heterocycles. The van der Waals surface area contributed by atoms with Crippen LogP contribution in [0.4, 0.5) is 17.1 Å². The number of hydrogen-bond acceptors (Lipinski definition) is 14. The number of fused-ring (bicyclic) bond motifs is 12. The van der Waals surface area contributed by atoms with E-state index in [9.17, 15) is 14.4 Å². The molecule has 9 aromatic carbocycles. The molecule has 7 aliphatic heterocycles. The minimum atomic E-state index is -0.423. The van der Waals surface area contributed by atoms with E-state index in [-0.39, 0.29) is 35.8 Å². The van der Waals surface area contributed by atoms with Gasteiger partial charge in [0.15, 0.2) is 15.3 Å². The first-order valence-corrected chi connectivity index (χ1v) is 46.9.